The van der Waals surface area contributed by atoms with Crippen LogP contribution in [-0.2, 0) is 41.6 Å². The van der Waals surface area contributed by atoms with Crippen LogP contribution in [0.25, 0.3) is 44.6 Å². The highest BCUT2D eigenvalue weighted by Gasteiger charge is 2.39. The van der Waals surface area contributed by atoms with Gasteiger partial charge in [0.1, 0.15) is 23.2 Å². The number of nitrogens with one attached hydrogen (secondary N) is 1. The number of carbonyl (C=O) groups excluding carboxylic acids is 2. The summed E-state index contributed by atoms with van der Waals surface area (Å²) in [6, 6.07) is 58.5. The zero-order chi connectivity index (χ0) is 49.1. The molecule has 0 saturated carbocycles. The number of hydroxylamine groups is 2. The third-order valence-electron chi connectivity index (χ3n) is 13.6. The number of hydrogen-bond donors (Lipinski definition) is 1. The SMILES string of the molecule is CCCc1nc2c(C)cc(-c3nc4ccccc4n3C)cc2n1Cc1ccc(-c2ccccc2C(=O)N[C@@H](Cc2cn(C(c3ccccc3)(c3ccccc3)c3ccccc3)cn2)C(=O)N(C)OC)cc1. The lowest BCUT2D eigenvalue weighted by molar-refractivity contribution is -0.170. The molecule has 11 nitrogen and oxygen atoms in total. The zero-order valence-electron chi connectivity index (χ0n) is 40.7. The Kier molecular flexibility index (Phi) is 13.0. The maximum Gasteiger partial charge on any atom is 0.268 e. The summed E-state index contributed by atoms with van der Waals surface area (Å²) in [7, 11) is 5.04. The van der Waals surface area contributed by atoms with Gasteiger partial charge in [-0.15, -0.1) is 0 Å². The van der Waals surface area contributed by atoms with E-state index in [0.29, 0.717) is 17.8 Å². The predicted molar refractivity (Wildman–Crippen MR) is 281 cm³/mol. The van der Waals surface area contributed by atoms with Crippen LogP contribution in [0.15, 0.2) is 188 Å². The van der Waals surface area contributed by atoms with Crippen molar-refractivity contribution in [1.29, 1.82) is 0 Å². The second-order valence-corrected chi connectivity index (χ2v) is 18.1. The lowest BCUT2D eigenvalue weighted by Gasteiger charge is -2.37. The Labute approximate surface area is 414 Å². The molecular weight excluding hydrogens is 881 g/mol. The summed E-state index contributed by atoms with van der Waals surface area (Å²) < 4.78 is 6.59. The second-order valence-electron chi connectivity index (χ2n) is 18.1. The molecule has 10 aromatic rings. The van der Waals surface area contributed by atoms with Crippen LogP contribution in [0.3, 0.4) is 0 Å². The van der Waals surface area contributed by atoms with Crippen molar-refractivity contribution >= 4 is 33.9 Å². The Hall–Kier alpha value is -8.41. The van der Waals surface area contributed by atoms with Gasteiger partial charge in [0.2, 0.25) is 0 Å². The lowest BCUT2D eigenvalue weighted by Crippen LogP contribution is -2.48. The van der Waals surface area contributed by atoms with Crippen LogP contribution >= 0.6 is 0 Å². The molecule has 0 saturated heterocycles. The monoisotopic (exact) mass is 936 g/mol. The van der Waals surface area contributed by atoms with Gasteiger partial charge in [0.15, 0.2) is 0 Å². The highest BCUT2D eigenvalue weighted by Crippen LogP contribution is 2.41. The van der Waals surface area contributed by atoms with Crippen molar-refractivity contribution in [3.63, 3.8) is 0 Å². The molecule has 11 heteroatoms. The largest absolute Gasteiger partial charge is 0.340 e. The van der Waals surface area contributed by atoms with Gasteiger partial charge in [-0.1, -0.05) is 153 Å². The van der Waals surface area contributed by atoms with Crippen molar-refractivity contribution in [3.8, 4) is 22.5 Å². The Morgan fingerprint density at radius 2 is 1.35 bits per heavy atom. The van der Waals surface area contributed by atoms with Gasteiger partial charge in [-0.2, -0.15) is 0 Å². The van der Waals surface area contributed by atoms with Crippen LogP contribution in [0.1, 0.15) is 63.0 Å². The first kappa shape index (κ1) is 46.3. The molecule has 0 aliphatic heterocycles. The Balaban J connectivity index is 0.938. The first-order valence-corrected chi connectivity index (χ1v) is 24.1. The van der Waals surface area contributed by atoms with E-state index in [0.717, 1.165) is 96.1 Å². The molecular formula is C60H56N8O3. The van der Waals surface area contributed by atoms with E-state index in [1.165, 1.54) is 7.11 Å². The average molecular weight is 937 g/mol. The topological polar surface area (TPSA) is 112 Å². The Bertz CT molecular complexity index is 3390. The normalized spacial score (nSPS) is 12.1. The molecule has 0 bridgehead atoms. The first-order chi connectivity index (χ1) is 34.7. The minimum atomic E-state index is -1.01. The number of para-hydroxylation sites is 2. The number of fused-ring (bicyclic) bond motifs is 2. The lowest BCUT2D eigenvalue weighted by atomic mass is 9.77. The maximum absolute atomic E-state index is 14.5. The Morgan fingerprint density at radius 1 is 0.732 bits per heavy atom. The molecule has 0 spiro atoms. The number of amides is 2. The van der Waals surface area contributed by atoms with E-state index < -0.39 is 17.5 Å². The predicted octanol–water partition coefficient (Wildman–Crippen LogP) is 11.0. The molecule has 0 aliphatic rings. The average Bonchev–Trinajstić information content (AvgIpc) is 4.13. The molecule has 0 aliphatic carbocycles. The number of aryl methyl sites for hydroxylation is 3. The molecule has 0 radical (unpaired) electrons. The van der Waals surface area contributed by atoms with Gasteiger partial charge in [0, 0.05) is 50.8 Å². The number of hydrogen-bond acceptors (Lipinski definition) is 6. The van der Waals surface area contributed by atoms with E-state index in [1.54, 1.807) is 13.1 Å². The number of aromatic nitrogens is 6. The third-order valence-corrected chi connectivity index (χ3v) is 13.6. The standard InChI is InChI=1S/C60H56N8O3/c1-6-20-55-64-56-41(2)35-44(57-62-51-29-18-19-30-53(51)65(57)3)36-54(56)68(55)38-42-31-33-43(34-32-42)49-27-16-17-28-50(49)58(69)63-52(59(70)66(4)71-5)37-48-39-67(40-61-48)60(45-21-10-7-11-22-45,46-23-12-8-13-24-46)47-25-14-9-15-26-47/h7-19,21-36,39-40,52H,6,20,37-38H2,1-5H3,(H,63,69)/t52-/m0/s1. The van der Waals surface area contributed by atoms with Gasteiger partial charge in [-0.3, -0.25) is 14.4 Å². The molecule has 2 amide bonds. The van der Waals surface area contributed by atoms with Crippen molar-refractivity contribution < 1.29 is 14.4 Å². The summed E-state index contributed by atoms with van der Waals surface area (Å²) in [5.41, 5.74) is 12.4. The summed E-state index contributed by atoms with van der Waals surface area (Å²) in [5.74, 6) is 1.15. The van der Waals surface area contributed by atoms with E-state index >= 15 is 0 Å². The molecule has 354 valence electrons. The summed E-state index contributed by atoms with van der Waals surface area (Å²) in [6.45, 7) is 4.93. The first-order valence-electron chi connectivity index (χ1n) is 24.1. The van der Waals surface area contributed by atoms with Crippen LogP contribution in [0.4, 0.5) is 0 Å². The van der Waals surface area contributed by atoms with E-state index in [9.17, 15) is 9.59 Å². The Morgan fingerprint density at radius 3 is 1.99 bits per heavy atom. The summed E-state index contributed by atoms with van der Waals surface area (Å²) in [5, 5.41) is 4.23. The van der Waals surface area contributed by atoms with Crippen molar-refractivity contribution in [3.05, 3.63) is 233 Å². The number of carbonyl (C=O) groups is 2. The molecule has 0 fully saturated rings. The van der Waals surface area contributed by atoms with Gasteiger partial charge in [0.25, 0.3) is 11.8 Å². The third kappa shape index (κ3) is 8.81. The maximum atomic E-state index is 14.5. The van der Waals surface area contributed by atoms with Gasteiger partial charge >= 0.3 is 0 Å². The molecule has 7 aromatic carbocycles. The molecule has 1 atom stereocenters. The van der Waals surface area contributed by atoms with Crippen LogP contribution < -0.4 is 5.32 Å². The van der Waals surface area contributed by atoms with Crippen molar-refractivity contribution in [1.82, 2.24) is 39.0 Å². The van der Waals surface area contributed by atoms with E-state index in [4.69, 9.17) is 19.8 Å². The highest BCUT2D eigenvalue weighted by molar-refractivity contribution is 6.03. The minimum Gasteiger partial charge on any atom is -0.340 e. The zero-order valence-corrected chi connectivity index (χ0v) is 40.7. The van der Waals surface area contributed by atoms with Gasteiger partial charge in [-0.05, 0) is 82.6 Å². The molecule has 3 aromatic heterocycles. The second kappa shape index (κ2) is 19.9. The smallest absolute Gasteiger partial charge is 0.268 e. The molecule has 3 heterocycles. The summed E-state index contributed by atoms with van der Waals surface area (Å²) in [4.78, 5) is 49.1. The van der Waals surface area contributed by atoms with Crippen molar-refractivity contribution in [2.75, 3.05) is 14.2 Å². The number of nitrogens with zero attached hydrogens (tertiary/aromatic N) is 7. The fraction of sp³-hybridized carbons (Fsp3) is 0.183. The van der Waals surface area contributed by atoms with Gasteiger partial charge < -0.3 is 19.0 Å². The summed E-state index contributed by atoms with van der Waals surface area (Å²) >= 11 is 0. The van der Waals surface area contributed by atoms with E-state index in [2.05, 4.69) is 125 Å². The molecule has 71 heavy (non-hydrogen) atoms. The van der Waals surface area contributed by atoms with Crippen LogP contribution in [0.5, 0.6) is 0 Å². The minimum absolute atomic E-state index is 0.110. The number of benzene rings is 7. The summed E-state index contributed by atoms with van der Waals surface area (Å²) in [6.07, 6.45) is 5.71. The molecule has 1 N–H and O–H groups in total. The quantitative estimate of drug-likeness (QED) is 0.0763. The van der Waals surface area contributed by atoms with Crippen molar-refractivity contribution in [2.45, 2.75) is 51.2 Å². The number of likely N-dealkylation sites (N-methyl/N-ethyl adjacent to an activating group) is 1. The number of rotatable bonds is 16. The van der Waals surface area contributed by atoms with Crippen LogP contribution in [0.2, 0.25) is 0 Å². The molecule has 0 unspecified atom stereocenters. The molecule has 10 rings (SSSR count). The fourth-order valence-corrected chi connectivity index (χ4v) is 10.1. The van der Waals surface area contributed by atoms with E-state index in [1.807, 2.05) is 97.5 Å². The van der Waals surface area contributed by atoms with E-state index in [-0.39, 0.29) is 12.3 Å². The van der Waals surface area contributed by atoms with Gasteiger partial charge in [0.05, 0.1) is 41.2 Å². The highest BCUT2D eigenvalue weighted by atomic mass is 16.7. The van der Waals surface area contributed by atoms with Crippen LogP contribution in [0, 0.1) is 6.92 Å². The van der Waals surface area contributed by atoms with Crippen LogP contribution in [-0.4, -0.2) is 65.7 Å². The fourth-order valence-electron chi connectivity index (χ4n) is 10.1. The number of imidazole rings is 3. The van der Waals surface area contributed by atoms with Gasteiger partial charge in [-0.25, -0.2) is 20.0 Å². The van der Waals surface area contributed by atoms with Crippen molar-refractivity contribution in [2.24, 2.45) is 7.05 Å².